The molecule has 2 rings (SSSR count). The fourth-order valence-corrected chi connectivity index (χ4v) is 2.54. The normalized spacial score (nSPS) is 14.3. The molecule has 1 aromatic heterocycles. The zero-order chi connectivity index (χ0) is 13.8. The van der Waals surface area contributed by atoms with Crippen molar-refractivity contribution in [1.29, 1.82) is 0 Å². The number of carbonyl (C=O) groups excluding carboxylic acids is 1. The van der Waals surface area contributed by atoms with Crippen LogP contribution in [0.3, 0.4) is 0 Å². The number of rotatable bonds is 4. The third-order valence-electron chi connectivity index (χ3n) is 3.60. The molecule has 0 aromatic carbocycles. The molecule has 1 aliphatic rings. The maximum Gasteiger partial charge on any atom is 0.333 e. The van der Waals surface area contributed by atoms with Crippen molar-refractivity contribution in [2.24, 2.45) is 0 Å². The second-order valence-electron chi connectivity index (χ2n) is 4.68. The predicted molar refractivity (Wildman–Crippen MR) is 73.1 cm³/mol. The van der Waals surface area contributed by atoms with Crippen LogP contribution in [0.5, 0.6) is 0 Å². The lowest BCUT2D eigenvalue weighted by Gasteiger charge is -2.10. The van der Waals surface area contributed by atoms with Gasteiger partial charge in [-0.1, -0.05) is 19.1 Å². The van der Waals surface area contributed by atoms with Gasteiger partial charge >= 0.3 is 5.97 Å². The summed E-state index contributed by atoms with van der Waals surface area (Å²) in [6, 6.07) is 3.54. The van der Waals surface area contributed by atoms with Crippen LogP contribution in [0.25, 0.3) is 0 Å². The van der Waals surface area contributed by atoms with Crippen molar-refractivity contribution in [1.82, 2.24) is 4.57 Å². The quantitative estimate of drug-likeness (QED) is 0.614. The van der Waals surface area contributed by atoms with Crippen LogP contribution in [0.2, 0.25) is 0 Å². The SMILES string of the molecule is CC/C(=C/Cn1c2c(ccc1=O)CCC2)C(=O)OC. The van der Waals surface area contributed by atoms with E-state index in [0.29, 0.717) is 18.5 Å². The highest BCUT2D eigenvalue weighted by molar-refractivity contribution is 5.88. The molecule has 0 spiro atoms. The largest absolute Gasteiger partial charge is 0.466 e. The van der Waals surface area contributed by atoms with E-state index in [0.717, 1.165) is 25.0 Å². The van der Waals surface area contributed by atoms with Crippen molar-refractivity contribution in [3.8, 4) is 0 Å². The molecule has 0 saturated heterocycles. The highest BCUT2D eigenvalue weighted by Gasteiger charge is 2.15. The molecule has 1 aromatic rings. The average Bonchev–Trinajstić information content (AvgIpc) is 2.89. The fraction of sp³-hybridized carbons (Fsp3) is 0.467. The van der Waals surface area contributed by atoms with E-state index in [1.54, 1.807) is 16.7 Å². The van der Waals surface area contributed by atoms with Crippen LogP contribution in [0.4, 0.5) is 0 Å². The summed E-state index contributed by atoms with van der Waals surface area (Å²) in [6.45, 7) is 2.35. The maximum absolute atomic E-state index is 11.9. The van der Waals surface area contributed by atoms with Gasteiger partial charge in [0.25, 0.3) is 5.56 Å². The van der Waals surface area contributed by atoms with Crippen LogP contribution < -0.4 is 5.56 Å². The van der Waals surface area contributed by atoms with Gasteiger partial charge in [0.2, 0.25) is 0 Å². The first-order valence-corrected chi connectivity index (χ1v) is 6.66. The second-order valence-corrected chi connectivity index (χ2v) is 4.68. The van der Waals surface area contributed by atoms with E-state index in [4.69, 9.17) is 4.74 Å². The maximum atomic E-state index is 11.9. The molecular weight excluding hydrogens is 242 g/mol. The smallest absolute Gasteiger partial charge is 0.333 e. The summed E-state index contributed by atoms with van der Waals surface area (Å²) in [6.07, 6.45) is 5.48. The van der Waals surface area contributed by atoms with Gasteiger partial charge in [-0.05, 0) is 31.2 Å². The average molecular weight is 261 g/mol. The Balaban J connectivity index is 2.29. The van der Waals surface area contributed by atoms with Crippen molar-refractivity contribution in [2.45, 2.75) is 39.2 Å². The lowest BCUT2D eigenvalue weighted by molar-refractivity contribution is -0.136. The molecule has 0 bridgehead atoms. The van der Waals surface area contributed by atoms with Crippen LogP contribution in [0.15, 0.2) is 28.6 Å². The number of nitrogens with zero attached hydrogens (tertiary/aromatic N) is 1. The van der Waals surface area contributed by atoms with Crippen LogP contribution in [0.1, 0.15) is 31.0 Å². The van der Waals surface area contributed by atoms with Crippen molar-refractivity contribution >= 4 is 5.97 Å². The number of hydrogen-bond donors (Lipinski definition) is 0. The van der Waals surface area contributed by atoms with Gasteiger partial charge in [-0.3, -0.25) is 4.79 Å². The van der Waals surface area contributed by atoms with Crippen molar-refractivity contribution in [3.63, 3.8) is 0 Å². The molecule has 0 fully saturated rings. The van der Waals surface area contributed by atoms with E-state index in [9.17, 15) is 9.59 Å². The molecule has 0 aliphatic heterocycles. The molecule has 0 N–H and O–H groups in total. The lowest BCUT2D eigenvalue weighted by Crippen LogP contribution is -2.22. The zero-order valence-corrected chi connectivity index (χ0v) is 11.4. The number of methoxy groups -OCH3 is 1. The van der Waals surface area contributed by atoms with E-state index < -0.39 is 0 Å². The Morgan fingerprint density at radius 3 is 2.89 bits per heavy atom. The second kappa shape index (κ2) is 5.87. The van der Waals surface area contributed by atoms with E-state index in [-0.39, 0.29) is 11.5 Å². The molecule has 0 radical (unpaired) electrons. The number of hydrogen-bond acceptors (Lipinski definition) is 3. The van der Waals surface area contributed by atoms with Gasteiger partial charge in [0.05, 0.1) is 7.11 Å². The summed E-state index contributed by atoms with van der Waals surface area (Å²) >= 11 is 0. The van der Waals surface area contributed by atoms with Crippen LogP contribution in [-0.4, -0.2) is 17.6 Å². The number of fused-ring (bicyclic) bond motifs is 1. The minimum Gasteiger partial charge on any atom is -0.466 e. The van der Waals surface area contributed by atoms with Crippen molar-refractivity contribution < 1.29 is 9.53 Å². The van der Waals surface area contributed by atoms with Gasteiger partial charge in [-0.25, -0.2) is 4.79 Å². The Morgan fingerprint density at radius 2 is 2.21 bits per heavy atom. The van der Waals surface area contributed by atoms with Gasteiger partial charge < -0.3 is 9.30 Å². The highest BCUT2D eigenvalue weighted by atomic mass is 16.5. The summed E-state index contributed by atoms with van der Waals surface area (Å²) in [4.78, 5) is 23.4. The molecule has 4 heteroatoms. The topological polar surface area (TPSA) is 48.3 Å². The minimum absolute atomic E-state index is 0.00258. The number of aryl methyl sites for hydroxylation is 1. The van der Waals surface area contributed by atoms with E-state index in [1.807, 2.05) is 13.0 Å². The highest BCUT2D eigenvalue weighted by Crippen LogP contribution is 2.20. The van der Waals surface area contributed by atoms with Crippen LogP contribution >= 0.6 is 0 Å². The lowest BCUT2D eigenvalue weighted by atomic mass is 10.2. The number of ether oxygens (including phenoxy) is 1. The molecule has 19 heavy (non-hydrogen) atoms. The Bertz CT molecular complexity index is 569. The van der Waals surface area contributed by atoms with E-state index in [1.165, 1.54) is 12.7 Å². The first-order chi connectivity index (χ1) is 9.17. The third kappa shape index (κ3) is 2.78. The standard InChI is InChI=1S/C15H19NO3/c1-3-11(15(18)19-2)9-10-16-13-6-4-5-12(13)7-8-14(16)17/h7-9H,3-6,10H2,1-2H3/b11-9-. The number of allylic oxidation sites excluding steroid dienone is 1. The molecule has 0 unspecified atom stereocenters. The van der Waals surface area contributed by atoms with Crippen LogP contribution in [0, 0.1) is 0 Å². The van der Waals surface area contributed by atoms with Gasteiger partial charge in [0.1, 0.15) is 0 Å². The molecule has 1 aliphatic carbocycles. The van der Waals surface area contributed by atoms with Gasteiger partial charge in [-0.2, -0.15) is 0 Å². The van der Waals surface area contributed by atoms with Crippen molar-refractivity contribution in [2.75, 3.05) is 7.11 Å². The van der Waals surface area contributed by atoms with Gasteiger partial charge in [-0.15, -0.1) is 0 Å². The fourth-order valence-electron chi connectivity index (χ4n) is 2.54. The first-order valence-electron chi connectivity index (χ1n) is 6.66. The Labute approximate surface area is 112 Å². The predicted octanol–water partition coefficient (Wildman–Crippen LogP) is 1.85. The summed E-state index contributed by atoms with van der Waals surface area (Å²) < 4.78 is 6.48. The Morgan fingerprint density at radius 1 is 1.42 bits per heavy atom. The van der Waals surface area contributed by atoms with Gasteiger partial charge in [0, 0.05) is 23.9 Å². The molecule has 1 heterocycles. The molecule has 4 nitrogen and oxygen atoms in total. The first kappa shape index (κ1) is 13.6. The summed E-state index contributed by atoms with van der Waals surface area (Å²) in [5.41, 5.74) is 2.98. The number of aromatic nitrogens is 1. The van der Waals surface area contributed by atoms with E-state index in [2.05, 4.69) is 0 Å². The third-order valence-corrected chi connectivity index (χ3v) is 3.60. The monoisotopic (exact) mass is 261 g/mol. The van der Waals surface area contributed by atoms with Gasteiger partial charge in [0.15, 0.2) is 0 Å². The summed E-state index contributed by atoms with van der Waals surface area (Å²) in [7, 11) is 1.37. The molecule has 0 amide bonds. The van der Waals surface area contributed by atoms with Crippen molar-refractivity contribution in [3.05, 3.63) is 45.4 Å². The molecular formula is C15H19NO3. The molecule has 102 valence electrons. The zero-order valence-electron chi connectivity index (χ0n) is 11.4. The Hall–Kier alpha value is -1.84. The minimum atomic E-state index is -0.317. The number of pyridine rings is 1. The van der Waals surface area contributed by atoms with E-state index >= 15 is 0 Å². The van der Waals surface area contributed by atoms with Crippen LogP contribution in [-0.2, 0) is 28.9 Å². The summed E-state index contributed by atoms with van der Waals surface area (Å²) in [5, 5.41) is 0. The Kier molecular flexibility index (Phi) is 4.20. The number of esters is 1. The summed E-state index contributed by atoms with van der Waals surface area (Å²) in [5.74, 6) is -0.317. The molecule has 0 saturated carbocycles. The number of carbonyl (C=O) groups is 1. The molecule has 0 atom stereocenters.